The van der Waals surface area contributed by atoms with E-state index in [1.807, 2.05) is 0 Å². The predicted octanol–water partition coefficient (Wildman–Crippen LogP) is 2.79. The molecule has 2 rings (SSSR count). The Kier molecular flexibility index (Phi) is 4.54. The van der Waals surface area contributed by atoms with Crippen LogP contribution in [0.15, 0.2) is 17.5 Å². The average Bonchev–Trinajstić information content (AvgIpc) is 2.75. The molecule has 100 valence electrons. The highest BCUT2D eigenvalue weighted by Crippen LogP contribution is 2.14. The van der Waals surface area contributed by atoms with Crippen LogP contribution in [0.5, 0.6) is 0 Å². The van der Waals surface area contributed by atoms with E-state index in [0.29, 0.717) is 0 Å². The molecule has 2 heterocycles. The molecule has 1 aliphatic heterocycles. The molecule has 1 aromatic rings. The lowest BCUT2D eigenvalue weighted by molar-refractivity contribution is 0.287. The minimum atomic E-state index is 0.156. The molecule has 3 nitrogen and oxygen atoms in total. The van der Waals surface area contributed by atoms with Gasteiger partial charge in [-0.2, -0.15) is 0 Å². The van der Waals surface area contributed by atoms with Gasteiger partial charge in [0.1, 0.15) is 5.01 Å². The molecule has 0 radical (unpaired) electrons. The largest absolute Gasteiger partial charge is 0.306 e. The Labute approximate surface area is 114 Å². The minimum Gasteiger partial charge on any atom is -0.306 e. The number of nitrogens with one attached hydrogen (secondary N) is 1. The molecule has 0 saturated heterocycles. The molecule has 0 fully saturated rings. The van der Waals surface area contributed by atoms with Crippen molar-refractivity contribution in [3.05, 3.63) is 28.2 Å². The van der Waals surface area contributed by atoms with Crippen LogP contribution < -0.4 is 5.32 Å². The smallest absolute Gasteiger partial charge is 0.107 e. The number of hydrogen-bond donors (Lipinski definition) is 1. The molecule has 4 heteroatoms. The second-order valence-corrected chi connectivity index (χ2v) is 6.77. The topological polar surface area (TPSA) is 28.2 Å². The quantitative estimate of drug-likeness (QED) is 0.849. The maximum absolute atomic E-state index is 4.70. The molecule has 0 aliphatic carbocycles. The standard InChI is InChI=1S/C14H23N3S/c1-14(2,3)15-9-13-16-12(11-18-13)10-17-7-5-4-6-8-17/h4-5,11,15H,6-10H2,1-3H3. The molecule has 0 bridgehead atoms. The summed E-state index contributed by atoms with van der Waals surface area (Å²) < 4.78 is 0. The zero-order chi connectivity index (χ0) is 13.0. The fourth-order valence-electron chi connectivity index (χ4n) is 1.91. The Bertz CT molecular complexity index is 403. The van der Waals surface area contributed by atoms with Crippen LogP contribution >= 0.6 is 11.3 Å². The fraction of sp³-hybridized carbons (Fsp3) is 0.643. The summed E-state index contributed by atoms with van der Waals surface area (Å²) in [6, 6.07) is 0. The van der Waals surface area contributed by atoms with E-state index in [0.717, 1.165) is 26.2 Å². The summed E-state index contributed by atoms with van der Waals surface area (Å²) in [6.07, 6.45) is 5.68. The van der Waals surface area contributed by atoms with Gasteiger partial charge in [-0.3, -0.25) is 4.90 Å². The molecular formula is C14H23N3S. The van der Waals surface area contributed by atoms with Crippen molar-refractivity contribution in [2.45, 2.75) is 45.8 Å². The molecule has 0 amide bonds. The normalized spacial score (nSPS) is 17.3. The lowest BCUT2D eigenvalue weighted by atomic mass is 10.1. The highest BCUT2D eigenvalue weighted by atomic mass is 32.1. The van der Waals surface area contributed by atoms with E-state index in [1.54, 1.807) is 11.3 Å². The van der Waals surface area contributed by atoms with Crippen LogP contribution in [-0.4, -0.2) is 28.5 Å². The van der Waals surface area contributed by atoms with Crippen LogP contribution in [0.3, 0.4) is 0 Å². The minimum absolute atomic E-state index is 0.156. The lowest BCUT2D eigenvalue weighted by Crippen LogP contribution is -2.35. The van der Waals surface area contributed by atoms with Crippen LogP contribution in [0.1, 0.15) is 37.9 Å². The number of hydrogen-bond acceptors (Lipinski definition) is 4. The maximum Gasteiger partial charge on any atom is 0.107 e. The van der Waals surface area contributed by atoms with Crippen LogP contribution in [-0.2, 0) is 13.1 Å². The van der Waals surface area contributed by atoms with E-state index in [9.17, 15) is 0 Å². The molecule has 0 aromatic carbocycles. The summed E-state index contributed by atoms with van der Waals surface area (Å²) in [5.74, 6) is 0. The molecule has 1 aliphatic rings. The highest BCUT2D eigenvalue weighted by molar-refractivity contribution is 7.09. The van der Waals surface area contributed by atoms with Gasteiger partial charge in [0.25, 0.3) is 0 Å². The number of rotatable bonds is 4. The van der Waals surface area contributed by atoms with Crippen molar-refractivity contribution in [1.29, 1.82) is 0 Å². The Hall–Kier alpha value is -0.710. The van der Waals surface area contributed by atoms with Crippen LogP contribution in [0.25, 0.3) is 0 Å². The average molecular weight is 265 g/mol. The fourth-order valence-corrected chi connectivity index (χ4v) is 2.63. The molecular weight excluding hydrogens is 242 g/mol. The first-order chi connectivity index (χ1) is 8.53. The zero-order valence-electron chi connectivity index (χ0n) is 11.6. The van der Waals surface area contributed by atoms with E-state index in [2.05, 4.69) is 48.5 Å². The molecule has 1 N–H and O–H groups in total. The summed E-state index contributed by atoms with van der Waals surface area (Å²) in [5.41, 5.74) is 1.37. The molecule has 0 spiro atoms. The van der Waals surface area contributed by atoms with Gasteiger partial charge < -0.3 is 5.32 Å². The van der Waals surface area contributed by atoms with Gasteiger partial charge in [-0.1, -0.05) is 12.2 Å². The summed E-state index contributed by atoms with van der Waals surface area (Å²) in [4.78, 5) is 7.14. The van der Waals surface area contributed by atoms with Gasteiger partial charge in [-0.05, 0) is 27.2 Å². The maximum atomic E-state index is 4.70. The number of thiazole rings is 1. The van der Waals surface area contributed by atoms with Gasteiger partial charge in [0, 0.05) is 37.1 Å². The second kappa shape index (κ2) is 5.95. The van der Waals surface area contributed by atoms with Crippen LogP contribution in [0.4, 0.5) is 0 Å². The molecule has 0 unspecified atom stereocenters. The van der Waals surface area contributed by atoms with E-state index in [-0.39, 0.29) is 5.54 Å². The molecule has 0 atom stereocenters. The number of aromatic nitrogens is 1. The zero-order valence-corrected chi connectivity index (χ0v) is 12.4. The van der Waals surface area contributed by atoms with Crippen molar-refractivity contribution in [1.82, 2.24) is 15.2 Å². The monoisotopic (exact) mass is 265 g/mol. The number of nitrogens with zero attached hydrogens (tertiary/aromatic N) is 2. The predicted molar refractivity (Wildman–Crippen MR) is 77.7 cm³/mol. The summed E-state index contributed by atoms with van der Waals surface area (Å²) in [7, 11) is 0. The molecule has 0 saturated carbocycles. The highest BCUT2D eigenvalue weighted by Gasteiger charge is 2.12. The van der Waals surface area contributed by atoms with Crippen molar-refractivity contribution in [2.24, 2.45) is 0 Å². The third-order valence-corrected chi connectivity index (χ3v) is 3.79. The second-order valence-electron chi connectivity index (χ2n) is 5.83. The van der Waals surface area contributed by atoms with Gasteiger partial charge in [-0.15, -0.1) is 11.3 Å². The van der Waals surface area contributed by atoms with E-state index < -0.39 is 0 Å². The van der Waals surface area contributed by atoms with Gasteiger partial charge in [0.2, 0.25) is 0 Å². The third-order valence-electron chi connectivity index (χ3n) is 2.90. The first kappa shape index (κ1) is 13.7. The van der Waals surface area contributed by atoms with Crippen LogP contribution in [0, 0.1) is 0 Å². The van der Waals surface area contributed by atoms with Crippen molar-refractivity contribution < 1.29 is 0 Å². The van der Waals surface area contributed by atoms with E-state index in [4.69, 9.17) is 4.98 Å². The Morgan fingerprint density at radius 3 is 2.89 bits per heavy atom. The van der Waals surface area contributed by atoms with Crippen molar-refractivity contribution in [3.8, 4) is 0 Å². The van der Waals surface area contributed by atoms with Gasteiger partial charge >= 0.3 is 0 Å². The van der Waals surface area contributed by atoms with Crippen molar-refractivity contribution in [2.75, 3.05) is 13.1 Å². The van der Waals surface area contributed by atoms with Crippen LogP contribution in [0.2, 0.25) is 0 Å². The Balaban J connectivity index is 1.84. The Morgan fingerprint density at radius 2 is 2.22 bits per heavy atom. The van der Waals surface area contributed by atoms with Gasteiger partial charge in [0.05, 0.1) is 5.69 Å². The lowest BCUT2D eigenvalue weighted by Gasteiger charge is -2.21. The summed E-state index contributed by atoms with van der Waals surface area (Å²) in [5, 5.41) is 6.86. The molecule has 18 heavy (non-hydrogen) atoms. The van der Waals surface area contributed by atoms with Gasteiger partial charge in [0.15, 0.2) is 0 Å². The first-order valence-electron chi connectivity index (χ1n) is 6.58. The third kappa shape index (κ3) is 4.52. The van der Waals surface area contributed by atoms with Crippen molar-refractivity contribution >= 4 is 11.3 Å². The van der Waals surface area contributed by atoms with Gasteiger partial charge in [-0.25, -0.2) is 4.98 Å². The molecule has 1 aromatic heterocycles. The SMILES string of the molecule is CC(C)(C)NCc1nc(CN2CC=CCC2)cs1. The van der Waals surface area contributed by atoms with E-state index >= 15 is 0 Å². The van der Waals surface area contributed by atoms with E-state index in [1.165, 1.54) is 17.1 Å². The summed E-state index contributed by atoms with van der Waals surface area (Å²) >= 11 is 1.76. The summed E-state index contributed by atoms with van der Waals surface area (Å²) in [6.45, 7) is 10.6. The first-order valence-corrected chi connectivity index (χ1v) is 7.46. The Morgan fingerprint density at radius 1 is 1.39 bits per heavy atom. The van der Waals surface area contributed by atoms with Crippen molar-refractivity contribution in [3.63, 3.8) is 0 Å².